The molecule has 5 nitrogen and oxygen atoms in total. The van der Waals surface area contributed by atoms with E-state index in [4.69, 9.17) is 9.47 Å². The molecule has 1 heterocycles. The number of aryl methyl sites for hydroxylation is 1. The fraction of sp³-hybridized carbons (Fsp3) is 0.167. The minimum atomic E-state index is -0.331. The molecular weight excluding hydrogens is 523 g/mol. The molecule has 160 valence electrons. The van der Waals surface area contributed by atoms with E-state index in [1.165, 1.54) is 24.0 Å². The van der Waals surface area contributed by atoms with Crippen LogP contribution in [0.5, 0.6) is 5.75 Å². The molecular formula is C24H22IN2O3S-. The van der Waals surface area contributed by atoms with E-state index >= 15 is 0 Å². The van der Waals surface area contributed by atoms with E-state index in [9.17, 15) is 4.79 Å². The SMILES string of the molecule is CCOCOc1ccc2nc(NC(=O)c3cccc([I-]c4ccc(C)cc4)c3)sc2c1. The van der Waals surface area contributed by atoms with Crippen LogP contribution in [0.4, 0.5) is 5.13 Å². The Kier molecular flexibility index (Phi) is 7.16. The van der Waals surface area contributed by atoms with Gasteiger partial charge in [0.15, 0.2) is 0 Å². The van der Waals surface area contributed by atoms with Gasteiger partial charge in [0, 0.05) is 6.61 Å². The molecule has 3 aromatic carbocycles. The molecule has 1 N–H and O–H groups in total. The van der Waals surface area contributed by atoms with Crippen molar-refractivity contribution in [3.63, 3.8) is 0 Å². The van der Waals surface area contributed by atoms with Gasteiger partial charge in [-0.2, -0.15) is 0 Å². The Morgan fingerprint density at radius 2 is 1.90 bits per heavy atom. The normalized spacial score (nSPS) is 11.0. The van der Waals surface area contributed by atoms with Crippen molar-refractivity contribution in [2.75, 3.05) is 18.7 Å². The fourth-order valence-corrected chi connectivity index (χ4v) is 6.03. The number of hydrogen-bond donors (Lipinski definition) is 1. The third-order valence-electron chi connectivity index (χ3n) is 4.41. The number of thiazole rings is 1. The molecule has 0 saturated heterocycles. The number of nitrogens with zero attached hydrogens (tertiary/aromatic N) is 1. The molecule has 0 fully saturated rings. The Bertz CT molecular complexity index is 1190. The summed E-state index contributed by atoms with van der Waals surface area (Å²) in [7, 11) is 0. The van der Waals surface area contributed by atoms with E-state index in [2.05, 4.69) is 47.6 Å². The van der Waals surface area contributed by atoms with Crippen LogP contribution in [-0.4, -0.2) is 24.3 Å². The second-order valence-corrected chi connectivity index (χ2v) is 10.8. The summed E-state index contributed by atoms with van der Waals surface area (Å²) in [6, 6.07) is 22.1. The van der Waals surface area contributed by atoms with Crippen molar-refractivity contribution in [3.05, 3.63) is 85.0 Å². The van der Waals surface area contributed by atoms with Gasteiger partial charge in [-0.3, -0.25) is 0 Å². The van der Waals surface area contributed by atoms with E-state index in [1.807, 2.05) is 43.3 Å². The van der Waals surface area contributed by atoms with Crippen LogP contribution in [0.25, 0.3) is 10.2 Å². The number of carbonyl (C=O) groups excluding carboxylic acids is 1. The molecule has 0 spiro atoms. The summed E-state index contributed by atoms with van der Waals surface area (Å²) in [4.78, 5) is 17.3. The molecule has 0 aliphatic rings. The van der Waals surface area contributed by atoms with Gasteiger partial charge in [-0.25, -0.2) is 0 Å². The number of hydrogen-bond acceptors (Lipinski definition) is 5. The number of rotatable bonds is 8. The molecule has 0 saturated carbocycles. The maximum atomic E-state index is 12.8. The molecule has 0 atom stereocenters. The third-order valence-corrected chi connectivity index (χ3v) is 7.98. The van der Waals surface area contributed by atoms with Crippen LogP contribution in [0.15, 0.2) is 66.7 Å². The van der Waals surface area contributed by atoms with Crippen molar-refractivity contribution >= 4 is 32.6 Å². The summed E-state index contributed by atoms with van der Waals surface area (Å²) in [6.07, 6.45) is 0. The number of benzene rings is 3. The van der Waals surface area contributed by atoms with Gasteiger partial charge in [-0.1, -0.05) is 0 Å². The first-order valence-electron chi connectivity index (χ1n) is 9.85. The molecule has 0 unspecified atom stereocenters. The van der Waals surface area contributed by atoms with Gasteiger partial charge in [0.1, 0.15) is 0 Å². The number of halogens is 1. The molecule has 4 aromatic rings. The molecule has 0 radical (unpaired) electrons. The van der Waals surface area contributed by atoms with Gasteiger partial charge in [-0.05, 0) is 6.92 Å². The molecule has 0 aliphatic heterocycles. The second kappa shape index (κ2) is 10.2. The Morgan fingerprint density at radius 3 is 2.71 bits per heavy atom. The average Bonchev–Trinajstić information content (AvgIpc) is 3.17. The molecule has 1 aromatic heterocycles. The van der Waals surface area contributed by atoms with Crippen LogP contribution in [-0.2, 0) is 4.74 Å². The average molecular weight is 545 g/mol. The maximum absolute atomic E-state index is 12.8. The first kappa shape index (κ1) is 21.7. The van der Waals surface area contributed by atoms with E-state index in [-0.39, 0.29) is 33.9 Å². The van der Waals surface area contributed by atoms with Crippen LogP contribution in [0.3, 0.4) is 0 Å². The van der Waals surface area contributed by atoms with Crippen molar-refractivity contribution in [1.29, 1.82) is 0 Å². The van der Waals surface area contributed by atoms with Crippen LogP contribution < -0.4 is 31.3 Å². The van der Waals surface area contributed by atoms with Crippen LogP contribution >= 0.6 is 11.3 Å². The molecule has 4 rings (SSSR count). The van der Waals surface area contributed by atoms with E-state index in [0.717, 1.165) is 16.0 Å². The Balaban J connectivity index is 1.45. The molecule has 0 bridgehead atoms. The van der Waals surface area contributed by atoms with Gasteiger partial charge >= 0.3 is 178 Å². The quantitative estimate of drug-likeness (QED) is 0.210. The van der Waals surface area contributed by atoms with Crippen LogP contribution in [0.2, 0.25) is 0 Å². The topological polar surface area (TPSA) is 60.5 Å². The van der Waals surface area contributed by atoms with E-state index in [1.54, 1.807) is 0 Å². The zero-order valence-electron chi connectivity index (χ0n) is 17.2. The fourth-order valence-electron chi connectivity index (χ4n) is 2.82. The number of nitrogens with one attached hydrogen (secondary N) is 1. The molecule has 0 aliphatic carbocycles. The summed E-state index contributed by atoms with van der Waals surface area (Å²) < 4.78 is 14.3. The number of ether oxygens (including phenoxy) is 2. The number of anilines is 1. The predicted octanol–water partition coefficient (Wildman–Crippen LogP) is 2.36. The number of amides is 1. The van der Waals surface area contributed by atoms with Gasteiger partial charge in [0.25, 0.3) is 0 Å². The van der Waals surface area contributed by atoms with Crippen molar-refractivity contribution in [3.8, 4) is 5.75 Å². The first-order valence-corrected chi connectivity index (χ1v) is 12.8. The van der Waals surface area contributed by atoms with Crippen molar-refractivity contribution in [1.82, 2.24) is 4.98 Å². The molecule has 1 amide bonds. The zero-order chi connectivity index (χ0) is 21.6. The van der Waals surface area contributed by atoms with Gasteiger partial charge < -0.3 is 4.74 Å². The first-order chi connectivity index (χ1) is 15.1. The van der Waals surface area contributed by atoms with Crippen LogP contribution in [0, 0.1) is 14.1 Å². The summed E-state index contributed by atoms with van der Waals surface area (Å²) in [6.45, 7) is 4.83. The monoisotopic (exact) mass is 545 g/mol. The van der Waals surface area contributed by atoms with Gasteiger partial charge in [0.2, 0.25) is 0 Å². The van der Waals surface area contributed by atoms with Crippen molar-refractivity contribution in [2.45, 2.75) is 13.8 Å². The Labute approximate surface area is 195 Å². The third kappa shape index (κ3) is 5.81. The minimum absolute atomic E-state index is 0.151. The number of aromatic nitrogens is 1. The Morgan fingerprint density at radius 1 is 1.06 bits per heavy atom. The summed E-state index contributed by atoms with van der Waals surface area (Å²) >= 11 is 1.09. The number of carbonyl (C=O) groups is 1. The zero-order valence-corrected chi connectivity index (χ0v) is 20.2. The standard InChI is InChI=1S/C24H22IN2O3S/c1-3-29-15-30-20-11-12-21-22(14-20)31-24(26-21)27-23(28)17-5-4-6-19(13-17)25-18-9-7-16(2)8-10-18/h4-14H,3,15H2,1-2H3,(H,26,27,28)/q-1. The van der Waals surface area contributed by atoms with Crippen molar-refractivity contribution < 1.29 is 35.5 Å². The second-order valence-electron chi connectivity index (χ2n) is 6.76. The van der Waals surface area contributed by atoms with Gasteiger partial charge in [0.05, 0.1) is 0 Å². The van der Waals surface area contributed by atoms with E-state index < -0.39 is 0 Å². The van der Waals surface area contributed by atoms with E-state index in [0.29, 0.717) is 17.3 Å². The van der Waals surface area contributed by atoms with Crippen molar-refractivity contribution in [2.24, 2.45) is 0 Å². The molecule has 7 heteroatoms. The number of fused-ring (bicyclic) bond motifs is 1. The molecule has 31 heavy (non-hydrogen) atoms. The Hall–Kier alpha value is -2.49. The summed E-state index contributed by atoms with van der Waals surface area (Å²) in [5.74, 6) is 0.567. The van der Waals surface area contributed by atoms with Gasteiger partial charge in [-0.15, -0.1) is 0 Å². The summed E-state index contributed by atoms with van der Waals surface area (Å²) in [5, 5.41) is 3.50. The predicted molar refractivity (Wildman–Crippen MR) is 120 cm³/mol. The summed E-state index contributed by atoms with van der Waals surface area (Å²) in [5.41, 5.74) is 2.72. The van der Waals surface area contributed by atoms with Crippen LogP contribution in [0.1, 0.15) is 22.8 Å².